The summed E-state index contributed by atoms with van der Waals surface area (Å²) in [6.07, 6.45) is 3.10. The quantitative estimate of drug-likeness (QED) is 0.666. The van der Waals surface area contributed by atoms with E-state index in [2.05, 4.69) is 25.0 Å². The molecule has 1 amide bonds. The van der Waals surface area contributed by atoms with Gasteiger partial charge in [-0.1, -0.05) is 23.4 Å². The molecule has 8 nitrogen and oxygen atoms in total. The smallest absolute Gasteiger partial charge is 0.345 e. The molecule has 0 aromatic carbocycles. The van der Waals surface area contributed by atoms with E-state index in [0.29, 0.717) is 17.8 Å². The number of amides is 1. The van der Waals surface area contributed by atoms with E-state index in [1.165, 1.54) is 30.2 Å². The number of pyridine rings is 2. The van der Waals surface area contributed by atoms with Crippen molar-refractivity contribution < 1.29 is 18.3 Å². The van der Waals surface area contributed by atoms with E-state index in [4.69, 9.17) is 22.6 Å². The van der Waals surface area contributed by atoms with Crippen molar-refractivity contribution in [3.63, 3.8) is 0 Å². The summed E-state index contributed by atoms with van der Waals surface area (Å²) in [5.74, 6) is -0.567. The maximum atomic E-state index is 12.6. The predicted molar refractivity (Wildman–Crippen MR) is 113 cm³/mol. The first-order valence-electron chi connectivity index (χ1n) is 8.95. The van der Waals surface area contributed by atoms with Crippen LogP contribution < -0.4 is 11.1 Å². The maximum Gasteiger partial charge on any atom is 0.345 e. The second-order valence-corrected chi connectivity index (χ2v) is 8.54. The molecule has 1 aliphatic rings. The zero-order valence-corrected chi connectivity index (χ0v) is 17.8. The molecule has 3 rings (SSSR count). The minimum atomic E-state index is -2.87. The van der Waals surface area contributed by atoms with Gasteiger partial charge in [-0.05, 0) is 31.5 Å². The van der Waals surface area contributed by atoms with Crippen LogP contribution in [-0.2, 0) is 10.3 Å². The Labute approximate surface area is 185 Å². The predicted octanol–water partition coefficient (Wildman–Crippen LogP) is 3.53. The summed E-state index contributed by atoms with van der Waals surface area (Å²) >= 11 is 7.21. The third-order valence-corrected chi connectivity index (χ3v) is 5.69. The number of nitrogens with zero attached hydrogens (tertiary/aromatic N) is 4. The van der Waals surface area contributed by atoms with Crippen LogP contribution in [0.2, 0.25) is 5.02 Å². The number of hydrogen-bond donors (Lipinski definition) is 2. The molecule has 0 saturated carbocycles. The van der Waals surface area contributed by atoms with E-state index in [1.54, 1.807) is 19.1 Å². The van der Waals surface area contributed by atoms with E-state index in [1.807, 2.05) is 6.07 Å². The number of ether oxygens (including phenoxy) is 1. The number of amidine groups is 1. The Bertz CT molecular complexity index is 1060. The lowest BCUT2D eigenvalue weighted by atomic mass is 9.91. The highest BCUT2D eigenvalue weighted by molar-refractivity contribution is 8.14. The fourth-order valence-corrected chi connectivity index (χ4v) is 4.47. The average molecular weight is 467 g/mol. The number of aliphatic imine (C=N–C) groups is 1. The number of halogens is 3. The highest BCUT2D eigenvalue weighted by atomic mass is 35.5. The van der Waals surface area contributed by atoms with Crippen LogP contribution in [0.3, 0.4) is 0 Å². The van der Waals surface area contributed by atoms with Crippen molar-refractivity contribution in [3.05, 3.63) is 52.6 Å². The van der Waals surface area contributed by atoms with Crippen molar-refractivity contribution in [2.75, 3.05) is 11.9 Å². The molecule has 0 fully saturated rings. The van der Waals surface area contributed by atoms with Gasteiger partial charge in [0.05, 0.1) is 22.9 Å². The van der Waals surface area contributed by atoms with Gasteiger partial charge in [0.2, 0.25) is 0 Å². The minimum absolute atomic E-state index is 0.0363. The number of rotatable bonds is 6. The summed E-state index contributed by atoms with van der Waals surface area (Å²) in [6.45, 7) is -1.28. The Morgan fingerprint density at radius 3 is 2.97 bits per heavy atom. The topological polar surface area (TPSA) is 126 Å². The van der Waals surface area contributed by atoms with Crippen LogP contribution in [0.4, 0.5) is 14.5 Å². The molecule has 2 aromatic rings. The summed E-state index contributed by atoms with van der Waals surface area (Å²) in [5.41, 5.74) is 6.11. The van der Waals surface area contributed by atoms with E-state index in [0.717, 1.165) is 0 Å². The van der Waals surface area contributed by atoms with Crippen molar-refractivity contribution in [3.8, 4) is 6.07 Å². The molecule has 3 heterocycles. The van der Waals surface area contributed by atoms with Gasteiger partial charge in [-0.25, -0.2) is 9.98 Å². The lowest BCUT2D eigenvalue weighted by Crippen LogP contribution is -2.36. The van der Waals surface area contributed by atoms with Crippen LogP contribution in [0, 0.1) is 11.3 Å². The molecule has 12 heteroatoms. The average Bonchev–Trinajstić information content (AvgIpc) is 2.71. The summed E-state index contributed by atoms with van der Waals surface area (Å²) in [5, 5.41) is 11.5. The SMILES string of the molecule is C[C@@]1(c2cc(NC(=O)c3ncc(C#N)cc3Cl)ccn2)C[C@@H](COC(F)F)SC(N)=N1. The molecule has 0 spiro atoms. The van der Waals surface area contributed by atoms with Crippen molar-refractivity contribution in [1.82, 2.24) is 9.97 Å². The van der Waals surface area contributed by atoms with E-state index in [-0.39, 0.29) is 33.3 Å². The Morgan fingerprint density at radius 2 is 2.29 bits per heavy atom. The second kappa shape index (κ2) is 9.55. The number of carbonyl (C=O) groups is 1. The first-order valence-corrected chi connectivity index (χ1v) is 10.2. The molecule has 162 valence electrons. The first kappa shape index (κ1) is 22.9. The number of aromatic nitrogens is 2. The number of carbonyl (C=O) groups excluding carboxylic acids is 1. The van der Waals surface area contributed by atoms with Crippen LogP contribution in [0.25, 0.3) is 0 Å². The van der Waals surface area contributed by atoms with Crippen molar-refractivity contribution in [2.45, 2.75) is 30.7 Å². The molecule has 1 aliphatic heterocycles. The number of alkyl halides is 2. The van der Waals surface area contributed by atoms with Gasteiger partial charge in [0, 0.05) is 23.3 Å². The number of nitriles is 1. The molecule has 2 aromatic heterocycles. The number of thioether (sulfide) groups is 1. The molecule has 3 N–H and O–H groups in total. The van der Waals surface area contributed by atoms with Crippen molar-refractivity contribution >= 4 is 40.1 Å². The summed E-state index contributed by atoms with van der Waals surface area (Å²) in [6, 6.07) is 6.43. The van der Waals surface area contributed by atoms with Crippen LogP contribution >= 0.6 is 23.4 Å². The van der Waals surface area contributed by atoms with Gasteiger partial charge in [-0.15, -0.1) is 0 Å². The zero-order chi connectivity index (χ0) is 22.6. The van der Waals surface area contributed by atoms with Crippen LogP contribution in [0.5, 0.6) is 0 Å². The maximum absolute atomic E-state index is 12.6. The highest BCUT2D eigenvalue weighted by Gasteiger charge is 2.36. The Hall–Kier alpha value is -2.81. The van der Waals surface area contributed by atoms with Crippen molar-refractivity contribution in [1.29, 1.82) is 5.26 Å². The molecule has 0 radical (unpaired) electrons. The molecule has 0 unspecified atom stereocenters. The molecular weight excluding hydrogens is 450 g/mol. The summed E-state index contributed by atoms with van der Waals surface area (Å²) < 4.78 is 29.3. The number of hydrogen-bond acceptors (Lipinski definition) is 8. The molecular formula is C19H17ClF2N6O2S. The molecule has 2 atom stereocenters. The Morgan fingerprint density at radius 1 is 1.52 bits per heavy atom. The van der Waals surface area contributed by atoms with Crippen LogP contribution in [0.1, 0.15) is 35.1 Å². The molecule has 0 saturated heterocycles. The summed E-state index contributed by atoms with van der Waals surface area (Å²) in [4.78, 5) is 25.3. The Balaban J connectivity index is 1.80. The molecule has 0 aliphatic carbocycles. The van der Waals surface area contributed by atoms with Gasteiger partial charge < -0.3 is 15.8 Å². The zero-order valence-electron chi connectivity index (χ0n) is 16.2. The number of anilines is 1. The third kappa shape index (κ3) is 5.66. The first-order chi connectivity index (χ1) is 14.7. The van der Waals surface area contributed by atoms with Crippen molar-refractivity contribution in [2.24, 2.45) is 10.7 Å². The van der Waals surface area contributed by atoms with Gasteiger partial charge in [-0.3, -0.25) is 9.78 Å². The van der Waals surface area contributed by atoms with Gasteiger partial charge in [-0.2, -0.15) is 14.0 Å². The third-order valence-electron chi connectivity index (χ3n) is 4.43. The van der Waals surface area contributed by atoms with Crippen LogP contribution in [-0.4, -0.2) is 39.5 Å². The number of nitrogens with one attached hydrogen (secondary N) is 1. The fourth-order valence-electron chi connectivity index (χ4n) is 3.07. The van der Waals surface area contributed by atoms with Gasteiger partial charge in [0.25, 0.3) is 5.91 Å². The normalized spacial score (nSPS) is 20.8. The second-order valence-electron chi connectivity index (χ2n) is 6.81. The lowest BCUT2D eigenvalue weighted by molar-refractivity contribution is -0.128. The fraction of sp³-hybridized carbons (Fsp3) is 0.316. The largest absolute Gasteiger partial charge is 0.379 e. The van der Waals surface area contributed by atoms with Gasteiger partial charge in [0.15, 0.2) is 5.17 Å². The van der Waals surface area contributed by atoms with E-state index >= 15 is 0 Å². The van der Waals surface area contributed by atoms with Gasteiger partial charge in [0.1, 0.15) is 17.3 Å². The number of nitrogens with two attached hydrogens (primary N) is 1. The Kier molecular flexibility index (Phi) is 7.04. The van der Waals surface area contributed by atoms with Gasteiger partial charge >= 0.3 is 6.61 Å². The molecule has 0 bridgehead atoms. The minimum Gasteiger partial charge on any atom is -0.379 e. The highest BCUT2D eigenvalue weighted by Crippen LogP contribution is 2.39. The molecule has 31 heavy (non-hydrogen) atoms. The van der Waals surface area contributed by atoms with Crippen LogP contribution in [0.15, 0.2) is 35.6 Å². The summed E-state index contributed by atoms with van der Waals surface area (Å²) in [7, 11) is 0. The monoisotopic (exact) mass is 466 g/mol. The van der Waals surface area contributed by atoms with E-state index < -0.39 is 18.1 Å². The van der Waals surface area contributed by atoms with E-state index in [9.17, 15) is 13.6 Å². The lowest BCUT2D eigenvalue weighted by Gasteiger charge is -2.33. The standard InChI is InChI=1S/C19H17ClF2N6O2S/c1-19(6-12(9-30-17(21)22)31-18(24)28-19)14-5-11(2-3-25-14)27-16(29)15-13(20)4-10(7-23)8-26-15/h2-5,8,12,17H,6,9H2,1H3,(H2,24,28)(H,25,27,29)/t12-,19-/m0/s1.